The molecule has 8 nitrogen and oxygen atoms in total. The standard InChI is InChI=1S/C10H6N2O6S/c13-9(14)7-4-8(19(16,17)12-7)10(15)18-6-2-1-3-11-5-6/h1-5H,(H,13,14). The van der Waals surface area contributed by atoms with Crippen molar-refractivity contribution in [3.8, 4) is 5.75 Å². The van der Waals surface area contributed by atoms with Gasteiger partial charge < -0.3 is 9.84 Å². The van der Waals surface area contributed by atoms with E-state index >= 15 is 0 Å². The molecular formula is C10H6N2O6S. The van der Waals surface area contributed by atoms with Gasteiger partial charge in [-0.3, -0.25) is 4.98 Å². The molecule has 0 saturated heterocycles. The van der Waals surface area contributed by atoms with Crippen LogP contribution < -0.4 is 4.74 Å². The maximum Gasteiger partial charge on any atom is 0.357 e. The molecule has 0 saturated carbocycles. The molecule has 0 unspecified atom stereocenters. The van der Waals surface area contributed by atoms with E-state index in [4.69, 9.17) is 9.84 Å². The molecule has 0 aromatic carbocycles. The summed E-state index contributed by atoms with van der Waals surface area (Å²) in [5.74, 6) is -2.73. The molecule has 1 aliphatic heterocycles. The van der Waals surface area contributed by atoms with Crippen LogP contribution in [-0.2, 0) is 19.6 Å². The fraction of sp³-hybridized carbons (Fsp3) is 0. The van der Waals surface area contributed by atoms with E-state index in [1.807, 2.05) is 0 Å². The van der Waals surface area contributed by atoms with E-state index in [0.717, 1.165) is 0 Å². The third-order valence-corrected chi connectivity index (χ3v) is 3.31. The molecule has 0 spiro atoms. The van der Waals surface area contributed by atoms with Crippen LogP contribution in [0.25, 0.3) is 0 Å². The second-order valence-electron chi connectivity index (χ2n) is 3.34. The van der Waals surface area contributed by atoms with Crippen LogP contribution in [0.2, 0.25) is 0 Å². The number of aromatic nitrogens is 1. The molecule has 1 aliphatic rings. The number of carboxylic acid groups (broad SMARTS) is 1. The van der Waals surface area contributed by atoms with Gasteiger partial charge in [-0.1, -0.05) is 0 Å². The van der Waals surface area contributed by atoms with Crippen molar-refractivity contribution in [2.45, 2.75) is 0 Å². The first-order chi connectivity index (χ1) is 8.90. The average molecular weight is 282 g/mol. The number of hydrogen-bond acceptors (Lipinski definition) is 6. The van der Waals surface area contributed by atoms with Gasteiger partial charge in [-0.2, -0.15) is 12.8 Å². The van der Waals surface area contributed by atoms with E-state index in [1.165, 1.54) is 24.5 Å². The van der Waals surface area contributed by atoms with Crippen molar-refractivity contribution in [2.24, 2.45) is 4.40 Å². The highest BCUT2D eigenvalue weighted by molar-refractivity contribution is 7.95. The number of pyridine rings is 1. The SMILES string of the molecule is O=C(O)C1=NS(=O)(=O)C(C(=O)Oc2cccnc2)=C1. The lowest BCUT2D eigenvalue weighted by Crippen LogP contribution is -2.15. The number of carboxylic acids is 1. The van der Waals surface area contributed by atoms with Gasteiger partial charge in [-0.05, 0) is 12.1 Å². The minimum atomic E-state index is -4.33. The van der Waals surface area contributed by atoms with Gasteiger partial charge in [0.05, 0.1) is 6.20 Å². The molecule has 2 rings (SSSR count). The summed E-state index contributed by atoms with van der Waals surface area (Å²) in [6, 6.07) is 2.88. The van der Waals surface area contributed by atoms with Crippen molar-refractivity contribution in [3.05, 3.63) is 35.5 Å². The van der Waals surface area contributed by atoms with Crippen molar-refractivity contribution in [2.75, 3.05) is 0 Å². The Morgan fingerprint density at radius 2 is 2.05 bits per heavy atom. The number of nitrogens with zero attached hydrogens (tertiary/aromatic N) is 2. The quantitative estimate of drug-likeness (QED) is 0.757. The molecule has 19 heavy (non-hydrogen) atoms. The number of carbonyl (C=O) groups excluding carboxylic acids is 1. The molecular weight excluding hydrogens is 276 g/mol. The van der Waals surface area contributed by atoms with Gasteiger partial charge in [0.15, 0.2) is 10.6 Å². The smallest absolute Gasteiger partial charge is 0.357 e. The summed E-state index contributed by atoms with van der Waals surface area (Å²) in [5.41, 5.74) is -0.738. The van der Waals surface area contributed by atoms with Crippen molar-refractivity contribution in [3.63, 3.8) is 0 Å². The predicted molar refractivity (Wildman–Crippen MR) is 61.9 cm³/mol. The second kappa shape index (κ2) is 4.61. The van der Waals surface area contributed by atoms with E-state index < -0.39 is 32.6 Å². The molecule has 1 aromatic rings. The molecule has 0 aliphatic carbocycles. The molecule has 9 heteroatoms. The zero-order valence-electron chi connectivity index (χ0n) is 9.18. The lowest BCUT2D eigenvalue weighted by molar-refractivity contribution is -0.130. The van der Waals surface area contributed by atoms with E-state index in [2.05, 4.69) is 9.38 Å². The summed E-state index contributed by atoms with van der Waals surface area (Å²) < 4.78 is 30.6. The van der Waals surface area contributed by atoms with Gasteiger partial charge in [-0.25, -0.2) is 9.59 Å². The fourth-order valence-corrected chi connectivity index (χ4v) is 2.23. The first-order valence-electron chi connectivity index (χ1n) is 4.82. The Hall–Kier alpha value is -2.55. The average Bonchev–Trinajstić information content (AvgIpc) is 2.66. The monoisotopic (exact) mass is 282 g/mol. The number of hydrogen-bond donors (Lipinski definition) is 1. The minimum Gasteiger partial charge on any atom is -0.476 e. The van der Waals surface area contributed by atoms with Crippen LogP contribution in [0.1, 0.15) is 0 Å². The van der Waals surface area contributed by atoms with E-state index in [0.29, 0.717) is 6.08 Å². The number of ether oxygens (including phenoxy) is 1. The van der Waals surface area contributed by atoms with Gasteiger partial charge in [-0.15, -0.1) is 0 Å². The highest BCUT2D eigenvalue weighted by atomic mass is 32.2. The summed E-state index contributed by atoms with van der Waals surface area (Å²) in [5, 5.41) is 8.63. The van der Waals surface area contributed by atoms with Crippen LogP contribution in [0, 0.1) is 0 Å². The number of carbonyl (C=O) groups is 2. The summed E-state index contributed by atoms with van der Waals surface area (Å²) in [4.78, 5) is 25.1. The summed E-state index contributed by atoms with van der Waals surface area (Å²) in [6.07, 6.45) is 3.30. The van der Waals surface area contributed by atoms with Crippen molar-refractivity contribution in [1.82, 2.24) is 4.98 Å². The minimum absolute atomic E-state index is 0.0346. The van der Waals surface area contributed by atoms with E-state index in [9.17, 15) is 18.0 Å². The third kappa shape index (κ3) is 2.65. The number of aliphatic carboxylic acids is 1. The molecule has 0 fully saturated rings. The largest absolute Gasteiger partial charge is 0.476 e. The van der Waals surface area contributed by atoms with Gasteiger partial charge in [0.1, 0.15) is 5.75 Å². The molecule has 0 amide bonds. The molecule has 0 bridgehead atoms. The molecule has 0 atom stereocenters. The van der Waals surface area contributed by atoms with Crippen LogP contribution in [0.5, 0.6) is 5.75 Å². The molecule has 0 radical (unpaired) electrons. The topological polar surface area (TPSA) is 123 Å². The van der Waals surface area contributed by atoms with E-state index in [-0.39, 0.29) is 5.75 Å². The predicted octanol–water partition coefficient (Wildman–Crippen LogP) is -0.260. The maximum absolute atomic E-state index is 11.6. The van der Waals surface area contributed by atoms with Crippen molar-refractivity contribution in [1.29, 1.82) is 0 Å². The lowest BCUT2D eigenvalue weighted by Gasteiger charge is -2.02. The van der Waals surface area contributed by atoms with Gasteiger partial charge in [0.25, 0.3) is 10.0 Å². The Morgan fingerprint density at radius 1 is 1.32 bits per heavy atom. The van der Waals surface area contributed by atoms with E-state index in [1.54, 1.807) is 0 Å². The number of esters is 1. The Bertz CT molecular complexity index is 705. The molecule has 2 heterocycles. The Labute approximate surface area is 107 Å². The lowest BCUT2D eigenvalue weighted by atomic mass is 10.3. The zero-order valence-corrected chi connectivity index (χ0v) is 9.99. The van der Waals surface area contributed by atoms with Gasteiger partial charge >= 0.3 is 11.9 Å². The van der Waals surface area contributed by atoms with Gasteiger partial charge in [0, 0.05) is 12.3 Å². The van der Waals surface area contributed by atoms with Crippen molar-refractivity contribution >= 4 is 27.7 Å². The van der Waals surface area contributed by atoms with Crippen LogP contribution in [-0.4, -0.2) is 36.2 Å². The third-order valence-electron chi connectivity index (χ3n) is 2.03. The molecule has 1 aromatic heterocycles. The van der Waals surface area contributed by atoms with Gasteiger partial charge in [0.2, 0.25) is 0 Å². The maximum atomic E-state index is 11.6. The van der Waals surface area contributed by atoms with Crippen LogP contribution in [0.15, 0.2) is 39.9 Å². The normalized spacial score (nSPS) is 16.4. The Morgan fingerprint density at radius 3 is 2.58 bits per heavy atom. The Kier molecular flexibility index (Phi) is 3.13. The van der Waals surface area contributed by atoms with Crippen LogP contribution in [0.4, 0.5) is 0 Å². The first-order valence-corrected chi connectivity index (χ1v) is 6.26. The van der Waals surface area contributed by atoms with Crippen LogP contribution >= 0.6 is 0 Å². The Balaban J connectivity index is 2.27. The highest BCUT2D eigenvalue weighted by Crippen LogP contribution is 2.20. The van der Waals surface area contributed by atoms with Crippen LogP contribution in [0.3, 0.4) is 0 Å². The fourth-order valence-electron chi connectivity index (χ4n) is 1.23. The molecule has 1 N–H and O–H groups in total. The first kappa shape index (κ1) is 12.9. The summed E-state index contributed by atoms with van der Waals surface area (Å²) >= 11 is 0. The highest BCUT2D eigenvalue weighted by Gasteiger charge is 2.34. The second-order valence-corrected chi connectivity index (χ2v) is 4.92. The number of rotatable bonds is 3. The molecule has 98 valence electrons. The summed E-state index contributed by atoms with van der Waals surface area (Å²) in [6.45, 7) is 0. The number of sulfonamides is 1. The summed E-state index contributed by atoms with van der Waals surface area (Å²) in [7, 11) is -4.33. The van der Waals surface area contributed by atoms with Crippen molar-refractivity contribution < 1.29 is 27.9 Å². The zero-order chi connectivity index (χ0) is 14.0.